The Labute approximate surface area is 127 Å². The van der Waals surface area contributed by atoms with Crippen molar-refractivity contribution < 1.29 is 4.74 Å². The molecule has 1 saturated carbocycles. The summed E-state index contributed by atoms with van der Waals surface area (Å²) in [5.74, 6) is 3.42. The molecule has 1 heterocycles. The van der Waals surface area contributed by atoms with E-state index in [9.17, 15) is 0 Å². The SMILES string of the molecule is CNc1nc(C2CC2)nc(NCC(C)(C)CCOC)c1C. The molecule has 0 spiro atoms. The molecule has 2 N–H and O–H groups in total. The number of ether oxygens (including phenoxy) is 1. The maximum absolute atomic E-state index is 5.19. The van der Waals surface area contributed by atoms with E-state index in [1.807, 2.05) is 7.05 Å². The molecule has 0 amide bonds. The topological polar surface area (TPSA) is 59.1 Å². The summed E-state index contributed by atoms with van der Waals surface area (Å²) in [5, 5.41) is 6.69. The lowest BCUT2D eigenvalue weighted by molar-refractivity contribution is 0.157. The van der Waals surface area contributed by atoms with Crippen molar-refractivity contribution in [1.29, 1.82) is 0 Å². The maximum atomic E-state index is 5.19. The number of rotatable bonds is 8. The Morgan fingerprint density at radius 1 is 1.24 bits per heavy atom. The van der Waals surface area contributed by atoms with E-state index >= 15 is 0 Å². The third-order valence-electron chi connectivity index (χ3n) is 4.06. The highest BCUT2D eigenvalue weighted by atomic mass is 16.5. The molecule has 5 heteroatoms. The Balaban J connectivity index is 2.09. The molecule has 0 bridgehead atoms. The van der Waals surface area contributed by atoms with Gasteiger partial charge in [-0.3, -0.25) is 0 Å². The standard InChI is InChI=1S/C16H28N4O/c1-11-13(17-4)19-15(12-6-7-12)20-14(11)18-10-16(2,3)8-9-21-5/h12H,6-10H2,1-5H3,(H2,17,18,19,20). The van der Waals surface area contributed by atoms with Gasteiger partial charge >= 0.3 is 0 Å². The number of anilines is 2. The molecule has 1 aromatic heterocycles. The second kappa shape index (κ2) is 6.60. The molecule has 118 valence electrons. The first-order chi connectivity index (χ1) is 9.96. The number of aromatic nitrogens is 2. The van der Waals surface area contributed by atoms with E-state index in [4.69, 9.17) is 9.72 Å². The number of methoxy groups -OCH3 is 1. The summed E-state index contributed by atoms with van der Waals surface area (Å²) in [6.07, 6.45) is 3.45. The lowest BCUT2D eigenvalue weighted by Gasteiger charge is -2.25. The Morgan fingerprint density at radius 3 is 2.48 bits per heavy atom. The van der Waals surface area contributed by atoms with Gasteiger partial charge in [-0.05, 0) is 31.6 Å². The Kier molecular flexibility index (Phi) is 5.04. The second-order valence-corrected chi connectivity index (χ2v) is 6.69. The first-order valence-corrected chi connectivity index (χ1v) is 7.76. The minimum Gasteiger partial charge on any atom is -0.385 e. The molecule has 0 aliphatic heterocycles. The van der Waals surface area contributed by atoms with Gasteiger partial charge in [0.1, 0.15) is 17.5 Å². The van der Waals surface area contributed by atoms with Gasteiger partial charge in [0.05, 0.1) is 0 Å². The van der Waals surface area contributed by atoms with Crippen molar-refractivity contribution in [2.45, 2.75) is 46.0 Å². The first kappa shape index (κ1) is 16.0. The van der Waals surface area contributed by atoms with Crippen LogP contribution in [0, 0.1) is 12.3 Å². The van der Waals surface area contributed by atoms with Gasteiger partial charge in [0.25, 0.3) is 0 Å². The molecule has 1 aliphatic carbocycles. The maximum Gasteiger partial charge on any atom is 0.136 e. The molecule has 5 nitrogen and oxygen atoms in total. The smallest absolute Gasteiger partial charge is 0.136 e. The number of nitrogens with one attached hydrogen (secondary N) is 2. The van der Waals surface area contributed by atoms with Crippen molar-refractivity contribution in [3.63, 3.8) is 0 Å². The Morgan fingerprint density at radius 2 is 1.90 bits per heavy atom. The second-order valence-electron chi connectivity index (χ2n) is 6.69. The first-order valence-electron chi connectivity index (χ1n) is 7.76. The summed E-state index contributed by atoms with van der Waals surface area (Å²) in [6, 6.07) is 0. The summed E-state index contributed by atoms with van der Waals surface area (Å²) in [6.45, 7) is 8.22. The van der Waals surface area contributed by atoms with Crippen LogP contribution in [-0.2, 0) is 4.74 Å². The zero-order valence-corrected chi connectivity index (χ0v) is 13.9. The normalized spacial score (nSPS) is 15.1. The predicted molar refractivity (Wildman–Crippen MR) is 87.1 cm³/mol. The van der Waals surface area contributed by atoms with Crippen LogP contribution in [0.25, 0.3) is 0 Å². The lowest BCUT2D eigenvalue weighted by atomic mass is 9.89. The van der Waals surface area contributed by atoms with Gasteiger partial charge in [-0.2, -0.15) is 0 Å². The number of hydrogen-bond acceptors (Lipinski definition) is 5. The van der Waals surface area contributed by atoms with Crippen molar-refractivity contribution in [2.24, 2.45) is 5.41 Å². The Bertz CT molecular complexity index is 483. The quantitative estimate of drug-likeness (QED) is 0.770. The van der Waals surface area contributed by atoms with Crippen LogP contribution in [0.5, 0.6) is 0 Å². The van der Waals surface area contributed by atoms with E-state index in [1.54, 1.807) is 7.11 Å². The van der Waals surface area contributed by atoms with Crippen LogP contribution in [0.15, 0.2) is 0 Å². The highest BCUT2D eigenvalue weighted by Gasteiger charge is 2.28. The lowest BCUT2D eigenvalue weighted by Crippen LogP contribution is -2.25. The van der Waals surface area contributed by atoms with E-state index in [1.165, 1.54) is 12.8 Å². The van der Waals surface area contributed by atoms with E-state index in [2.05, 4.69) is 36.4 Å². The molecule has 1 aliphatic rings. The fourth-order valence-electron chi connectivity index (χ4n) is 2.26. The highest BCUT2D eigenvalue weighted by molar-refractivity contribution is 5.57. The van der Waals surface area contributed by atoms with Gasteiger partial charge < -0.3 is 15.4 Å². The molecular formula is C16H28N4O. The zero-order chi connectivity index (χ0) is 15.5. The van der Waals surface area contributed by atoms with Gasteiger partial charge in [-0.25, -0.2) is 9.97 Å². The third kappa shape index (κ3) is 4.30. The van der Waals surface area contributed by atoms with Gasteiger partial charge in [0.15, 0.2) is 0 Å². The third-order valence-corrected chi connectivity index (χ3v) is 4.06. The molecule has 0 aromatic carbocycles. The molecule has 0 unspecified atom stereocenters. The summed E-state index contributed by atoms with van der Waals surface area (Å²) >= 11 is 0. The van der Waals surface area contributed by atoms with Crippen LogP contribution in [0.4, 0.5) is 11.6 Å². The molecule has 0 radical (unpaired) electrons. The molecule has 21 heavy (non-hydrogen) atoms. The summed E-state index contributed by atoms with van der Waals surface area (Å²) in [5.41, 5.74) is 1.26. The van der Waals surface area contributed by atoms with Crippen molar-refractivity contribution in [3.05, 3.63) is 11.4 Å². The van der Waals surface area contributed by atoms with E-state index < -0.39 is 0 Å². The monoisotopic (exact) mass is 292 g/mol. The zero-order valence-electron chi connectivity index (χ0n) is 13.9. The fraction of sp³-hybridized carbons (Fsp3) is 0.750. The fourth-order valence-corrected chi connectivity index (χ4v) is 2.26. The number of nitrogens with zero attached hydrogens (tertiary/aromatic N) is 2. The van der Waals surface area contributed by atoms with Crippen LogP contribution < -0.4 is 10.6 Å². The van der Waals surface area contributed by atoms with Crippen LogP contribution in [0.1, 0.15) is 50.4 Å². The molecule has 2 rings (SSSR count). The average molecular weight is 292 g/mol. The Hall–Kier alpha value is -1.36. The van der Waals surface area contributed by atoms with Gasteiger partial charge in [0, 0.05) is 38.8 Å². The minimum atomic E-state index is 0.174. The van der Waals surface area contributed by atoms with E-state index in [-0.39, 0.29) is 5.41 Å². The molecule has 0 saturated heterocycles. The van der Waals surface area contributed by atoms with Crippen LogP contribution in [0.2, 0.25) is 0 Å². The van der Waals surface area contributed by atoms with Crippen molar-refractivity contribution in [2.75, 3.05) is 37.9 Å². The predicted octanol–water partition coefficient (Wildman–Crippen LogP) is 3.18. The molecule has 0 atom stereocenters. The number of hydrogen-bond donors (Lipinski definition) is 2. The van der Waals surface area contributed by atoms with Crippen molar-refractivity contribution in [1.82, 2.24) is 9.97 Å². The minimum absolute atomic E-state index is 0.174. The molecule has 1 fully saturated rings. The highest BCUT2D eigenvalue weighted by Crippen LogP contribution is 2.39. The van der Waals surface area contributed by atoms with Crippen LogP contribution >= 0.6 is 0 Å². The summed E-state index contributed by atoms with van der Waals surface area (Å²) in [7, 11) is 3.66. The van der Waals surface area contributed by atoms with Gasteiger partial charge in [0.2, 0.25) is 0 Å². The average Bonchev–Trinajstić information content (AvgIpc) is 3.29. The van der Waals surface area contributed by atoms with Crippen molar-refractivity contribution in [3.8, 4) is 0 Å². The van der Waals surface area contributed by atoms with Gasteiger partial charge in [-0.1, -0.05) is 13.8 Å². The summed E-state index contributed by atoms with van der Waals surface area (Å²) in [4.78, 5) is 9.36. The molecular weight excluding hydrogens is 264 g/mol. The summed E-state index contributed by atoms with van der Waals surface area (Å²) < 4.78 is 5.19. The van der Waals surface area contributed by atoms with Crippen molar-refractivity contribution >= 4 is 11.6 Å². The van der Waals surface area contributed by atoms with Gasteiger partial charge in [-0.15, -0.1) is 0 Å². The molecule has 1 aromatic rings. The van der Waals surface area contributed by atoms with Crippen LogP contribution in [-0.4, -0.2) is 37.3 Å². The van der Waals surface area contributed by atoms with Crippen LogP contribution in [0.3, 0.4) is 0 Å². The van der Waals surface area contributed by atoms with E-state index in [0.29, 0.717) is 5.92 Å². The largest absolute Gasteiger partial charge is 0.385 e. The van der Waals surface area contributed by atoms with E-state index in [0.717, 1.165) is 42.6 Å².